The fourth-order valence-electron chi connectivity index (χ4n) is 1.76. The van der Waals surface area contributed by atoms with E-state index in [0.717, 1.165) is 5.56 Å². The van der Waals surface area contributed by atoms with Gasteiger partial charge in [-0.05, 0) is 52.7 Å². The number of hydrogen-bond acceptors (Lipinski definition) is 3. The highest BCUT2D eigenvalue weighted by Gasteiger charge is 2.31. The molecule has 112 valence electrons. The molecule has 2 rings (SSSR count). The summed E-state index contributed by atoms with van der Waals surface area (Å²) in [5, 5.41) is 3.18. The monoisotopic (exact) mass is 360 g/mol. The molecule has 1 N–H and O–H groups in total. The first kappa shape index (κ1) is 15.6. The highest BCUT2D eigenvalue weighted by atomic mass is 79.9. The third kappa shape index (κ3) is 4.63. The number of aromatic nitrogens is 1. The fourth-order valence-corrected chi connectivity index (χ4v) is 2.22. The van der Waals surface area contributed by atoms with Crippen LogP contribution in [0.25, 0.3) is 0 Å². The molecular formula is C14H12BrF3N2O. The van der Waals surface area contributed by atoms with Crippen LogP contribution in [0.4, 0.5) is 18.9 Å². The van der Waals surface area contributed by atoms with Crippen LogP contribution in [0.2, 0.25) is 0 Å². The maximum atomic E-state index is 12.2. The van der Waals surface area contributed by atoms with Gasteiger partial charge in [0.2, 0.25) is 0 Å². The number of alkyl halides is 3. The summed E-state index contributed by atoms with van der Waals surface area (Å²) in [5.74, 6) is -0.276. The molecule has 21 heavy (non-hydrogen) atoms. The van der Waals surface area contributed by atoms with E-state index in [9.17, 15) is 13.2 Å². The highest BCUT2D eigenvalue weighted by Crippen LogP contribution is 2.33. The van der Waals surface area contributed by atoms with Crippen molar-refractivity contribution in [1.29, 1.82) is 0 Å². The molecule has 1 atom stereocenters. The van der Waals surface area contributed by atoms with E-state index in [1.54, 1.807) is 12.4 Å². The lowest BCUT2D eigenvalue weighted by Gasteiger charge is -2.17. The minimum Gasteiger partial charge on any atom is -0.405 e. The molecular weight excluding hydrogens is 349 g/mol. The molecule has 1 aromatic heterocycles. The van der Waals surface area contributed by atoms with Crippen molar-refractivity contribution in [1.82, 2.24) is 4.98 Å². The van der Waals surface area contributed by atoms with Crippen molar-refractivity contribution < 1.29 is 17.9 Å². The summed E-state index contributed by atoms with van der Waals surface area (Å²) < 4.78 is 40.7. The van der Waals surface area contributed by atoms with Gasteiger partial charge in [-0.2, -0.15) is 0 Å². The second-order valence-electron chi connectivity index (χ2n) is 4.35. The first-order chi connectivity index (χ1) is 9.85. The van der Waals surface area contributed by atoms with Gasteiger partial charge < -0.3 is 10.1 Å². The Morgan fingerprint density at radius 3 is 2.62 bits per heavy atom. The second-order valence-corrected chi connectivity index (χ2v) is 5.20. The molecule has 0 bridgehead atoms. The summed E-state index contributed by atoms with van der Waals surface area (Å²) in [6.07, 6.45) is -1.30. The van der Waals surface area contributed by atoms with Gasteiger partial charge in [0.05, 0.1) is 10.5 Å². The van der Waals surface area contributed by atoms with E-state index in [4.69, 9.17) is 0 Å². The standard InChI is InChI=1S/C14H12BrF3N2O/c1-9(10-3-2-6-19-8-10)20-11-4-5-13(12(15)7-11)21-14(16,17)18/h2-9,20H,1H3. The van der Waals surface area contributed by atoms with Crippen molar-refractivity contribution in [3.8, 4) is 5.75 Å². The average molecular weight is 361 g/mol. The lowest BCUT2D eigenvalue weighted by Crippen LogP contribution is -2.17. The Labute approximate surface area is 128 Å². The van der Waals surface area contributed by atoms with Crippen molar-refractivity contribution in [3.05, 3.63) is 52.8 Å². The summed E-state index contributed by atoms with van der Waals surface area (Å²) in [6, 6.07) is 8.03. The molecule has 0 spiro atoms. The van der Waals surface area contributed by atoms with E-state index >= 15 is 0 Å². The van der Waals surface area contributed by atoms with Crippen molar-refractivity contribution in [2.45, 2.75) is 19.3 Å². The minimum absolute atomic E-state index is 0.0278. The van der Waals surface area contributed by atoms with Crippen molar-refractivity contribution in [3.63, 3.8) is 0 Å². The van der Waals surface area contributed by atoms with Gasteiger partial charge >= 0.3 is 6.36 Å². The quantitative estimate of drug-likeness (QED) is 0.840. The number of hydrogen-bond donors (Lipinski definition) is 1. The van der Waals surface area contributed by atoms with E-state index in [1.165, 1.54) is 18.2 Å². The number of halogens is 4. The van der Waals surface area contributed by atoms with Gasteiger partial charge in [-0.25, -0.2) is 0 Å². The van der Waals surface area contributed by atoms with Crippen LogP contribution in [-0.2, 0) is 0 Å². The molecule has 2 aromatic rings. The number of benzene rings is 1. The van der Waals surface area contributed by atoms with Crippen LogP contribution >= 0.6 is 15.9 Å². The average Bonchev–Trinajstić information content (AvgIpc) is 2.41. The zero-order valence-corrected chi connectivity index (χ0v) is 12.6. The Bertz CT molecular complexity index is 605. The lowest BCUT2D eigenvalue weighted by molar-refractivity contribution is -0.274. The number of nitrogens with zero attached hydrogens (tertiary/aromatic N) is 1. The molecule has 3 nitrogen and oxygen atoms in total. The number of ether oxygens (including phenoxy) is 1. The minimum atomic E-state index is -4.71. The summed E-state index contributed by atoms with van der Waals surface area (Å²) in [5.41, 5.74) is 1.65. The normalized spacial score (nSPS) is 12.8. The molecule has 0 aliphatic rings. The maximum absolute atomic E-state index is 12.2. The van der Waals surface area contributed by atoms with Crippen LogP contribution in [-0.4, -0.2) is 11.3 Å². The Hall–Kier alpha value is -1.76. The molecule has 0 fully saturated rings. The van der Waals surface area contributed by atoms with E-state index in [1.807, 2.05) is 19.1 Å². The Morgan fingerprint density at radius 1 is 1.29 bits per heavy atom. The maximum Gasteiger partial charge on any atom is 0.573 e. The van der Waals surface area contributed by atoms with Crippen LogP contribution < -0.4 is 10.1 Å². The smallest absolute Gasteiger partial charge is 0.405 e. The number of rotatable bonds is 4. The molecule has 1 aromatic carbocycles. The molecule has 7 heteroatoms. The summed E-state index contributed by atoms with van der Waals surface area (Å²) >= 11 is 3.07. The zero-order chi connectivity index (χ0) is 15.5. The van der Waals surface area contributed by atoms with Gasteiger partial charge in [0.15, 0.2) is 0 Å². The molecule has 0 saturated heterocycles. The van der Waals surface area contributed by atoms with Crippen LogP contribution in [0.5, 0.6) is 5.75 Å². The first-order valence-electron chi connectivity index (χ1n) is 6.07. The molecule has 1 unspecified atom stereocenters. The molecule has 0 aliphatic carbocycles. The predicted molar refractivity (Wildman–Crippen MR) is 77.1 cm³/mol. The van der Waals surface area contributed by atoms with Gasteiger partial charge in [-0.3, -0.25) is 4.98 Å². The zero-order valence-electron chi connectivity index (χ0n) is 11.0. The molecule has 0 aliphatic heterocycles. The molecule has 0 amide bonds. The largest absolute Gasteiger partial charge is 0.573 e. The third-order valence-electron chi connectivity index (χ3n) is 2.73. The van der Waals surface area contributed by atoms with Crippen LogP contribution in [0.1, 0.15) is 18.5 Å². The van der Waals surface area contributed by atoms with Crippen molar-refractivity contribution >= 4 is 21.6 Å². The van der Waals surface area contributed by atoms with E-state index in [-0.39, 0.29) is 16.3 Å². The van der Waals surface area contributed by atoms with Crippen LogP contribution in [0, 0.1) is 0 Å². The van der Waals surface area contributed by atoms with Gasteiger partial charge in [-0.1, -0.05) is 6.07 Å². The number of pyridine rings is 1. The SMILES string of the molecule is CC(Nc1ccc(OC(F)(F)F)c(Br)c1)c1cccnc1. The molecule has 0 saturated carbocycles. The van der Waals surface area contributed by atoms with Crippen LogP contribution in [0.15, 0.2) is 47.2 Å². The number of anilines is 1. The molecule has 0 radical (unpaired) electrons. The van der Waals surface area contributed by atoms with Crippen molar-refractivity contribution in [2.75, 3.05) is 5.32 Å². The second kappa shape index (κ2) is 6.34. The van der Waals surface area contributed by atoms with Gasteiger partial charge in [0.1, 0.15) is 5.75 Å². The van der Waals surface area contributed by atoms with E-state index in [2.05, 4.69) is 31.0 Å². The predicted octanol–water partition coefficient (Wildman–Crippen LogP) is 4.92. The van der Waals surface area contributed by atoms with Gasteiger partial charge in [-0.15, -0.1) is 13.2 Å². The topological polar surface area (TPSA) is 34.1 Å². The van der Waals surface area contributed by atoms with Gasteiger partial charge in [0, 0.05) is 18.1 Å². The first-order valence-corrected chi connectivity index (χ1v) is 6.86. The third-order valence-corrected chi connectivity index (χ3v) is 3.34. The number of nitrogens with one attached hydrogen (secondary N) is 1. The van der Waals surface area contributed by atoms with E-state index < -0.39 is 6.36 Å². The lowest BCUT2D eigenvalue weighted by atomic mass is 10.1. The molecule has 1 heterocycles. The Balaban J connectivity index is 2.10. The fraction of sp³-hybridized carbons (Fsp3) is 0.214. The van der Waals surface area contributed by atoms with Crippen LogP contribution in [0.3, 0.4) is 0 Å². The Morgan fingerprint density at radius 2 is 2.05 bits per heavy atom. The summed E-state index contributed by atoms with van der Waals surface area (Å²) in [7, 11) is 0. The highest BCUT2D eigenvalue weighted by molar-refractivity contribution is 9.10. The van der Waals surface area contributed by atoms with E-state index in [0.29, 0.717) is 5.69 Å². The Kier molecular flexibility index (Phi) is 4.72. The van der Waals surface area contributed by atoms with Crippen molar-refractivity contribution in [2.24, 2.45) is 0 Å². The summed E-state index contributed by atoms with van der Waals surface area (Å²) in [6.45, 7) is 1.94. The van der Waals surface area contributed by atoms with Gasteiger partial charge in [0.25, 0.3) is 0 Å². The summed E-state index contributed by atoms with van der Waals surface area (Å²) in [4.78, 5) is 4.03.